The van der Waals surface area contributed by atoms with Crippen LogP contribution in [-0.2, 0) is 4.79 Å². The summed E-state index contributed by atoms with van der Waals surface area (Å²) in [5.41, 5.74) is 2.54. The molecule has 27 heavy (non-hydrogen) atoms. The molecule has 2 aromatic carbocycles. The molecule has 3 rings (SSSR count). The molecule has 0 fully saturated rings. The number of rotatable bonds is 6. The predicted molar refractivity (Wildman–Crippen MR) is 107 cm³/mol. The highest BCUT2D eigenvalue weighted by atomic mass is 16.5. The summed E-state index contributed by atoms with van der Waals surface area (Å²) in [5, 5.41) is 6.60. The van der Waals surface area contributed by atoms with Gasteiger partial charge in [0.2, 0.25) is 5.91 Å². The van der Waals surface area contributed by atoms with E-state index in [1.807, 2.05) is 39.0 Å². The van der Waals surface area contributed by atoms with Crippen molar-refractivity contribution in [1.29, 1.82) is 0 Å². The molecular weight excluding hydrogens is 342 g/mol. The molecule has 6 nitrogen and oxygen atoms in total. The van der Waals surface area contributed by atoms with Gasteiger partial charge in [-0.05, 0) is 43.3 Å². The van der Waals surface area contributed by atoms with Crippen LogP contribution < -0.4 is 15.4 Å². The molecule has 6 heteroatoms. The van der Waals surface area contributed by atoms with Crippen molar-refractivity contribution in [3.05, 3.63) is 54.2 Å². The maximum absolute atomic E-state index is 12.6. The summed E-state index contributed by atoms with van der Waals surface area (Å²) in [4.78, 5) is 27.5. The van der Waals surface area contributed by atoms with Crippen molar-refractivity contribution in [2.24, 2.45) is 5.92 Å². The van der Waals surface area contributed by atoms with Gasteiger partial charge in [-0.15, -0.1) is 0 Å². The highest BCUT2D eigenvalue weighted by Gasteiger charge is 2.12. The van der Waals surface area contributed by atoms with Gasteiger partial charge in [-0.3, -0.25) is 9.59 Å². The molecule has 0 radical (unpaired) electrons. The van der Waals surface area contributed by atoms with Gasteiger partial charge in [0.05, 0.1) is 6.61 Å². The van der Waals surface area contributed by atoms with E-state index >= 15 is 0 Å². The topological polar surface area (TPSA) is 83.2 Å². The number of aromatic amines is 1. The second kappa shape index (κ2) is 7.95. The minimum atomic E-state index is -0.253. The number of fused-ring (bicyclic) bond motifs is 1. The monoisotopic (exact) mass is 365 g/mol. The zero-order valence-electron chi connectivity index (χ0n) is 15.6. The van der Waals surface area contributed by atoms with Gasteiger partial charge in [0, 0.05) is 34.3 Å². The highest BCUT2D eigenvalue weighted by molar-refractivity contribution is 6.06. The summed E-state index contributed by atoms with van der Waals surface area (Å²) >= 11 is 0. The fraction of sp³-hybridized carbons (Fsp3) is 0.238. The number of H-pyrrole nitrogens is 1. The Morgan fingerprint density at radius 1 is 1.04 bits per heavy atom. The Balaban J connectivity index is 1.75. The van der Waals surface area contributed by atoms with Crippen LogP contribution in [0.3, 0.4) is 0 Å². The van der Waals surface area contributed by atoms with Crippen LogP contribution in [0.15, 0.2) is 48.5 Å². The summed E-state index contributed by atoms with van der Waals surface area (Å²) in [6.45, 7) is 6.17. The van der Waals surface area contributed by atoms with Gasteiger partial charge >= 0.3 is 0 Å². The van der Waals surface area contributed by atoms with E-state index < -0.39 is 0 Å². The zero-order valence-corrected chi connectivity index (χ0v) is 15.6. The molecule has 140 valence electrons. The third kappa shape index (κ3) is 4.47. The van der Waals surface area contributed by atoms with Crippen molar-refractivity contribution in [1.82, 2.24) is 4.98 Å². The van der Waals surface area contributed by atoms with E-state index in [2.05, 4.69) is 15.6 Å². The fourth-order valence-corrected chi connectivity index (χ4v) is 2.64. The van der Waals surface area contributed by atoms with Gasteiger partial charge in [0.15, 0.2) is 0 Å². The Bertz CT molecular complexity index is 976. The van der Waals surface area contributed by atoms with Crippen LogP contribution in [0.25, 0.3) is 10.9 Å². The smallest absolute Gasteiger partial charge is 0.272 e. The Hall–Kier alpha value is -3.28. The largest absolute Gasteiger partial charge is 0.494 e. The molecular formula is C21H23N3O3. The number of hydrogen-bond donors (Lipinski definition) is 3. The van der Waals surface area contributed by atoms with E-state index in [1.54, 1.807) is 30.3 Å². The molecule has 0 saturated carbocycles. The standard InChI is InChI=1S/C21H23N3O3/c1-4-27-17-9-8-14-10-19(24-18(14)12-17)21(26)23-16-7-5-6-15(11-16)22-20(25)13(2)3/h5-13,24H,4H2,1-3H3,(H,22,25)(H,23,26). The Morgan fingerprint density at radius 2 is 1.78 bits per heavy atom. The molecule has 1 aromatic heterocycles. The number of benzene rings is 2. The molecule has 0 spiro atoms. The second-order valence-electron chi connectivity index (χ2n) is 6.54. The lowest BCUT2D eigenvalue weighted by molar-refractivity contribution is -0.118. The van der Waals surface area contributed by atoms with E-state index in [0.717, 1.165) is 16.7 Å². The maximum Gasteiger partial charge on any atom is 0.272 e. The first-order valence-corrected chi connectivity index (χ1v) is 8.94. The molecule has 3 N–H and O–H groups in total. The first-order valence-electron chi connectivity index (χ1n) is 8.94. The SMILES string of the molecule is CCOc1ccc2cc(C(=O)Nc3cccc(NC(=O)C(C)C)c3)[nH]c2c1. The fourth-order valence-electron chi connectivity index (χ4n) is 2.64. The molecule has 0 saturated heterocycles. The number of ether oxygens (including phenoxy) is 1. The van der Waals surface area contributed by atoms with Crippen molar-refractivity contribution < 1.29 is 14.3 Å². The van der Waals surface area contributed by atoms with Gasteiger partial charge in [-0.2, -0.15) is 0 Å². The summed E-state index contributed by atoms with van der Waals surface area (Å²) in [6.07, 6.45) is 0. The molecule has 0 unspecified atom stereocenters. The molecule has 2 amide bonds. The predicted octanol–water partition coefficient (Wildman–Crippen LogP) is 4.41. The Labute approximate surface area is 157 Å². The molecule has 0 aliphatic rings. The first kappa shape index (κ1) is 18.5. The summed E-state index contributed by atoms with van der Waals surface area (Å²) in [6, 6.07) is 14.5. The van der Waals surface area contributed by atoms with E-state index in [1.165, 1.54) is 0 Å². The van der Waals surface area contributed by atoms with Crippen LogP contribution in [0.2, 0.25) is 0 Å². The minimum absolute atomic E-state index is 0.0702. The van der Waals surface area contributed by atoms with Crippen molar-refractivity contribution in [2.45, 2.75) is 20.8 Å². The normalized spacial score (nSPS) is 10.8. The zero-order chi connectivity index (χ0) is 19.4. The number of amides is 2. The van der Waals surface area contributed by atoms with Crippen LogP contribution >= 0.6 is 0 Å². The van der Waals surface area contributed by atoms with E-state index in [-0.39, 0.29) is 17.7 Å². The average molecular weight is 365 g/mol. The van der Waals surface area contributed by atoms with Crippen molar-refractivity contribution in [3.8, 4) is 5.75 Å². The summed E-state index contributed by atoms with van der Waals surface area (Å²) < 4.78 is 5.49. The first-order chi connectivity index (χ1) is 13.0. The Kier molecular flexibility index (Phi) is 5.45. The van der Waals surface area contributed by atoms with E-state index in [0.29, 0.717) is 23.7 Å². The second-order valence-corrected chi connectivity index (χ2v) is 6.54. The van der Waals surface area contributed by atoms with Gasteiger partial charge in [0.25, 0.3) is 5.91 Å². The number of nitrogens with one attached hydrogen (secondary N) is 3. The lowest BCUT2D eigenvalue weighted by atomic mass is 10.2. The van der Waals surface area contributed by atoms with Crippen molar-refractivity contribution in [2.75, 3.05) is 17.2 Å². The lowest BCUT2D eigenvalue weighted by Gasteiger charge is -2.10. The van der Waals surface area contributed by atoms with Gasteiger partial charge in [-0.25, -0.2) is 0 Å². The number of anilines is 2. The van der Waals surface area contributed by atoms with Crippen molar-refractivity contribution in [3.63, 3.8) is 0 Å². The minimum Gasteiger partial charge on any atom is -0.494 e. The number of carbonyl (C=O) groups excluding carboxylic acids is 2. The van der Waals surface area contributed by atoms with E-state index in [9.17, 15) is 9.59 Å². The quantitative estimate of drug-likeness (QED) is 0.605. The van der Waals surface area contributed by atoms with Gasteiger partial charge in [-0.1, -0.05) is 19.9 Å². The number of carbonyl (C=O) groups is 2. The highest BCUT2D eigenvalue weighted by Crippen LogP contribution is 2.23. The van der Waals surface area contributed by atoms with Gasteiger partial charge in [0.1, 0.15) is 11.4 Å². The average Bonchev–Trinajstić information content (AvgIpc) is 3.06. The molecule has 0 atom stereocenters. The molecule has 0 aliphatic heterocycles. The van der Waals surface area contributed by atoms with Gasteiger partial charge < -0.3 is 20.4 Å². The third-order valence-corrected chi connectivity index (χ3v) is 4.06. The third-order valence-electron chi connectivity index (χ3n) is 4.06. The van der Waals surface area contributed by atoms with Crippen LogP contribution in [0.1, 0.15) is 31.3 Å². The van der Waals surface area contributed by atoms with Crippen LogP contribution in [-0.4, -0.2) is 23.4 Å². The van der Waals surface area contributed by atoms with Crippen LogP contribution in [0, 0.1) is 5.92 Å². The lowest BCUT2D eigenvalue weighted by Crippen LogP contribution is -2.18. The van der Waals surface area contributed by atoms with Crippen LogP contribution in [0.5, 0.6) is 5.75 Å². The van der Waals surface area contributed by atoms with Crippen LogP contribution in [0.4, 0.5) is 11.4 Å². The summed E-state index contributed by atoms with van der Waals surface area (Å²) in [5.74, 6) is 0.319. The number of hydrogen-bond acceptors (Lipinski definition) is 3. The molecule has 0 aliphatic carbocycles. The summed E-state index contributed by atoms with van der Waals surface area (Å²) in [7, 11) is 0. The molecule has 1 heterocycles. The Morgan fingerprint density at radius 3 is 2.48 bits per heavy atom. The molecule has 0 bridgehead atoms. The number of aromatic nitrogens is 1. The van der Waals surface area contributed by atoms with Crippen molar-refractivity contribution >= 4 is 34.1 Å². The molecule has 3 aromatic rings. The van der Waals surface area contributed by atoms with E-state index in [4.69, 9.17) is 4.74 Å². The maximum atomic E-state index is 12.6.